The molecule has 1 unspecified atom stereocenters. The van der Waals surface area contributed by atoms with Crippen LogP contribution in [-0.2, 0) is 15.3 Å². The summed E-state index contributed by atoms with van der Waals surface area (Å²) in [6, 6.07) is 11.8. The zero-order chi connectivity index (χ0) is 14.4. The molecule has 1 aromatic carbocycles. The van der Waals surface area contributed by atoms with Gasteiger partial charge >= 0.3 is 5.97 Å². The molecule has 1 aromatic heterocycles. The number of hydrogen-bond donors (Lipinski definition) is 0. The molecule has 0 aliphatic carbocycles. The highest BCUT2D eigenvalue weighted by Crippen LogP contribution is 2.22. The van der Waals surface area contributed by atoms with Gasteiger partial charge in [-0.3, -0.25) is 4.79 Å². The van der Waals surface area contributed by atoms with Crippen molar-refractivity contribution in [3.05, 3.63) is 42.2 Å². The number of carbonyl (C=O) groups is 1. The molecular weight excluding hydrogens is 274 g/mol. The van der Waals surface area contributed by atoms with E-state index in [1.807, 2.05) is 43.3 Å². The number of aromatic nitrogens is 1. The van der Waals surface area contributed by atoms with Crippen molar-refractivity contribution in [2.75, 3.05) is 12.9 Å². The number of methoxy groups -OCH3 is 1. The van der Waals surface area contributed by atoms with Gasteiger partial charge in [0.25, 0.3) is 0 Å². The van der Waals surface area contributed by atoms with Crippen LogP contribution in [0.25, 0.3) is 11.3 Å². The van der Waals surface area contributed by atoms with E-state index in [1.165, 1.54) is 7.11 Å². The van der Waals surface area contributed by atoms with Crippen LogP contribution >= 0.6 is 11.8 Å². The van der Waals surface area contributed by atoms with E-state index in [2.05, 4.69) is 9.89 Å². The molecule has 0 spiro atoms. The molecule has 4 nitrogen and oxygen atoms in total. The van der Waals surface area contributed by atoms with Gasteiger partial charge in [-0.2, -0.15) is 11.8 Å². The van der Waals surface area contributed by atoms with E-state index < -0.39 is 0 Å². The number of benzene rings is 1. The van der Waals surface area contributed by atoms with Crippen molar-refractivity contribution in [2.45, 2.75) is 12.7 Å². The third-order valence-electron chi connectivity index (χ3n) is 2.84. The molecule has 0 N–H and O–H groups in total. The van der Waals surface area contributed by atoms with E-state index in [4.69, 9.17) is 4.52 Å². The van der Waals surface area contributed by atoms with Crippen LogP contribution in [0.3, 0.4) is 0 Å². The zero-order valence-corrected chi connectivity index (χ0v) is 12.4. The van der Waals surface area contributed by atoms with Crippen LogP contribution in [0.15, 0.2) is 40.9 Å². The molecule has 0 fully saturated rings. The number of nitrogens with zero attached hydrogens (tertiary/aromatic N) is 1. The minimum Gasteiger partial charge on any atom is -0.469 e. The average molecular weight is 291 g/mol. The number of rotatable bonds is 6. The Labute approximate surface area is 122 Å². The highest BCUT2D eigenvalue weighted by Gasteiger charge is 2.13. The summed E-state index contributed by atoms with van der Waals surface area (Å²) >= 11 is 1.63. The molecule has 20 heavy (non-hydrogen) atoms. The van der Waals surface area contributed by atoms with Crippen molar-refractivity contribution in [1.29, 1.82) is 0 Å². The maximum absolute atomic E-state index is 11.3. The molecule has 0 saturated heterocycles. The van der Waals surface area contributed by atoms with Crippen LogP contribution in [0.5, 0.6) is 0 Å². The molecule has 106 valence electrons. The van der Waals surface area contributed by atoms with Crippen LogP contribution in [-0.4, -0.2) is 24.0 Å². The lowest BCUT2D eigenvalue weighted by Crippen LogP contribution is -2.14. The van der Waals surface area contributed by atoms with Crippen molar-refractivity contribution in [3.63, 3.8) is 0 Å². The number of esters is 1. The molecule has 2 aromatic rings. The minimum atomic E-state index is -0.181. The van der Waals surface area contributed by atoms with Crippen LogP contribution in [0.4, 0.5) is 0 Å². The predicted molar refractivity (Wildman–Crippen MR) is 79.3 cm³/mol. The maximum Gasteiger partial charge on any atom is 0.309 e. The van der Waals surface area contributed by atoms with Crippen molar-refractivity contribution in [2.24, 2.45) is 5.92 Å². The molecule has 1 heterocycles. The first-order chi connectivity index (χ1) is 9.70. The highest BCUT2D eigenvalue weighted by atomic mass is 32.2. The van der Waals surface area contributed by atoms with Gasteiger partial charge in [0.2, 0.25) is 0 Å². The quantitative estimate of drug-likeness (QED) is 0.764. The summed E-state index contributed by atoms with van der Waals surface area (Å²) in [4.78, 5) is 11.3. The van der Waals surface area contributed by atoms with Gasteiger partial charge in [-0.15, -0.1) is 0 Å². The fraction of sp³-hybridized carbons (Fsp3) is 0.333. The second kappa shape index (κ2) is 7.14. The van der Waals surface area contributed by atoms with Crippen molar-refractivity contribution >= 4 is 17.7 Å². The van der Waals surface area contributed by atoms with Crippen LogP contribution in [0.2, 0.25) is 0 Å². The minimum absolute atomic E-state index is 0.110. The zero-order valence-electron chi connectivity index (χ0n) is 11.5. The highest BCUT2D eigenvalue weighted by molar-refractivity contribution is 7.98. The Morgan fingerprint density at radius 2 is 2.15 bits per heavy atom. The smallest absolute Gasteiger partial charge is 0.309 e. The second-order valence-corrected chi connectivity index (χ2v) is 5.51. The monoisotopic (exact) mass is 291 g/mol. The van der Waals surface area contributed by atoms with E-state index in [9.17, 15) is 4.79 Å². The first kappa shape index (κ1) is 14.7. The van der Waals surface area contributed by atoms with Crippen LogP contribution in [0.1, 0.15) is 12.7 Å². The predicted octanol–water partition coefficient (Wildman–Crippen LogP) is 3.38. The van der Waals surface area contributed by atoms with Gasteiger partial charge < -0.3 is 9.26 Å². The molecular formula is C15H17NO3S. The fourth-order valence-corrected chi connectivity index (χ4v) is 2.68. The third-order valence-corrected chi connectivity index (χ3v) is 4.07. The molecule has 0 radical (unpaired) electrons. The Morgan fingerprint density at radius 1 is 1.40 bits per heavy atom. The van der Waals surface area contributed by atoms with Crippen molar-refractivity contribution in [3.8, 4) is 11.3 Å². The number of hydrogen-bond acceptors (Lipinski definition) is 5. The van der Waals surface area contributed by atoms with Gasteiger partial charge in [-0.1, -0.05) is 42.4 Å². The molecule has 0 aliphatic rings. The topological polar surface area (TPSA) is 52.3 Å². The van der Waals surface area contributed by atoms with Gasteiger partial charge in [0.15, 0.2) is 0 Å². The third kappa shape index (κ3) is 3.87. The van der Waals surface area contributed by atoms with Crippen LogP contribution in [0, 0.1) is 5.92 Å². The van der Waals surface area contributed by atoms with Gasteiger partial charge in [0.1, 0.15) is 11.5 Å². The Hall–Kier alpha value is -1.75. The average Bonchev–Trinajstić information content (AvgIpc) is 2.96. The SMILES string of the molecule is COC(=O)C(C)CSCc1cc(-c2ccccc2)no1. The Kier molecular flexibility index (Phi) is 5.24. The summed E-state index contributed by atoms with van der Waals surface area (Å²) in [6.07, 6.45) is 0. The van der Waals surface area contributed by atoms with E-state index >= 15 is 0 Å². The van der Waals surface area contributed by atoms with Crippen LogP contribution < -0.4 is 0 Å². The number of carbonyl (C=O) groups excluding carboxylic acids is 1. The molecule has 0 bridgehead atoms. The number of thioether (sulfide) groups is 1. The van der Waals surface area contributed by atoms with E-state index in [1.54, 1.807) is 11.8 Å². The summed E-state index contributed by atoms with van der Waals surface area (Å²) in [6.45, 7) is 1.86. The Balaban J connectivity index is 1.86. The summed E-state index contributed by atoms with van der Waals surface area (Å²) < 4.78 is 9.99. The summed E-state index contributed by atoms with van der Waals surface area (Å²) in [5, 5.41) is 4.06. The van der Waals surface area contributed by atoms with Gasteiger partial charge in [-0.05, 0) is 0 Å². The van der Waals surface area contributed by atoms with Gasteiger partial charge in [0, 0.05) is 17.4 Å². The fourth-order valence-electron chi connectivity index (χ4n) is 1.73. The number of ether oxygens (including phenoxy) is 1. The first-order valence-electron chi connectivity index (χ1n) is 6.37. The summed E-state index contributed by atoms with van der Waals surface area (Å²) in [7, 11) is 1.41. The Morgan fingerprint density at radius 3 is 2.85 bits per heavy atom. The second-order valence-electron chi connectivity index (χ2n) is 4.48. The summed E-state index contributed by atoms with van der Waals surface area (Å²) in [5.74, 6) is 1.92. The van der Waals surface area contributed by atoms with E-state index in [0.717, 1.165) is 17.0 Å². The molecule has 1 atom stereocenters. The maximum atomic E-state index is 11.3. The molecule has 0 saturated carbocycles. The molecule has 0 aliphatic heterocycles. The summed E-state index contributed by atoms with van der Waals surface area (Å²) in [5.41, 5.74) is 1.87. The van der Waals surface area contributed by atoms with Crippen molar-refractivity contribution < 1.29 is 14.1 Å². The lowest BCUT2D eigenvalue weighted by Gasteiger charge is -2.06. The molecule has 2 rings (SSSR count). The van der Waals surface area contributed by atoms with E-state index in [-0.39, 0.29) is 11.9 Å². The normalized spacial score (nSPS) is 12.1. The largest absolute Gasteiger partial charge is 0.469 e. The van der Waals surface area contributed by atoms with E-state index in [0.29, 0.717) is 11.5 Å². The molecule has 5 heteroatoms. The lowest BCUT2D eigenvalue weighted by molar-refractivity contribution is -0.143. The Bertz CT molecular complexity index is 553. The lowest BCUT2D eigenvalue weighted by atomic mass is 10.1. The van der Waals surface area contributed by atoms with Gasteiger partial charge in [0.05, 0.1) is 18.8 Å². The first-order valence-corrected chi connectivity index (χ1v) is 7.52. The van der Waals surface area contributed by atoms with Gasteiger partial charge in [-0.25, -0.2) is 0 Å². The van der Waals surface area contributed by atoms with Crippen molar-refractivity contribution in [1.82, 2.24) is 5.16 Å². The standard InChI is InChI=1S/C15H17NO3S/c1-11(15(17)18-2)9-20-10-13-8-14(16-19-13)12-6-4-3-5-7-12/h3-8,11H,9-10H2,1-2H3. The molecule has 0 amide bonds.